The summed E-state index contributed by atoms with van der Waals surface area (Å²) in [5.41, 5.74) is 1.01. The van der Waals surface area contributed by atoms with E-state index < -0.39 is 24.3 Å². The van der Waals surface area contributed by atoms with Gasteiger partial charge in [-0.25, -0.2) is 4.79 Å². The first-order valence-electron chi connectivity index (χ1n) is 13.7. The topological polar surface area (TPSA) is 88.5 Å². The Morgan fingerprint density at radius 1 is 1.06 bits per heavy atom. The fourth-order valence-corrected chi connectivity index (χ4v) is 5.38. The lowest BCUT2D eigenvalue weighted by Gasteiger charge is -2.25. The van der Waals surface area contributed by atoms with Crippen molar-refractivity contribution in [2.24, 2.45) is 5.92 Å². The summed E-state index contributed by atoms with van der Waals surface area (Å²) in [4.78, 5) is 12.6. The van der Waals surface area contributed by atoms with Gasteiger partial charge in [-0.3, -0.25) is 0 Å². The third kappa shape index (κ3) is 8.55. The Bertz CT molecular complexity index is 858. The van der Waals surface area contributed by atoms with Crippen LogP contribution in [0, 0.1) is 5.92 Å². The maximum Gasteiger partial charge on any atom is 0.330 e. The van der Waals surface area contributed by atoms with Gasteiger partial charge in [-0.05, 0) is 70.1 Å². The maximum atomic E-state index is 12.6. The van der Waals surface area contributed by atoms with Crippen LogP contribution in [0.5, 0.6) is 0 Å². The Labute approximate surface area is 215 Å². The second kappa shape index (κ2) is 13.5. The molecular formula is C30H42O6. The Morgan fingerprint density at radius 2 is 1.94 bits per heavy atom. The van der Waals surface area contributed by atoms with Gasteiger partial charge in [0.15, 0.2) is 0 Å². The molecule has 3 heterocycles. The van der Waals surface area contributed by atoms with Crippen molar-refractivity contribution in [3.63, 3.8) is 0 Å². The minimum absolute atomic E-state index is 0.0599. The average molecular weight is 499 g/mol. The standard InChI is InChI=1S/C30H42O6/c1-21-9-6-12-23-13-7-14-24(34-23)15-8-16-29(33)35-27(20-28-30(36-28)26(32)19-21)25(31)18-17-22-10-4-2-3-5-11-22/h2,4,7-8,14,16-18,22-28,30-32H,1,3,5-6,9-13,15,19-20H2/b16-8-,18-17+/t22?,23-,24+,25+,26+,27?,28+,30+/m1/s1. The average Bonchev–Trinajstić information content (AvgIpc) is 3.66. The lowest BCUT2D eigenvalue weighted by molar-refractivity contribution is -0.148. The van der Waals surface area contributed by atoms with E-state index in [2.05, 4.69) is 24.8 Å². The van der Waals surface area contributed by atoms with Crippen molar-refractivity contribution in [1.29, 1.82) is 0 Å². The van der Waals surface area contributed by atoms with E-state index in [9.17, 15) is 15.0 Å². The molecule has 8 atom stereocenters. The normalized spacial score (nSPS) is 38.3. The molecule has 0 amide bonds. The van der Waals surface area contributed by atoms with Crippen molar-refractivity contribution < 1.29 is 29.2 Å². The van der Waals surface area contributed by atoms with Gasteiger partial charge >= 0.3 is 5.97 Å². The molecule has 2 bridgehead atoms. The van der Waals surface area contributed by atoms with E-state index >= 15 is 0 Å². The molecule has 0 aromatic carbocycles. The molecular weight excluding hydrogens is 456 g/mol. The molecule has 1 saturated heterocycles. The number of epoxide rings is 1. The summed E-state index contributed by atoms with van der Waals surface area (Å²) >= 11 is 0. The van der Waals surface area contributed by atoms with Crippen LogP contribution in [0.1, 0.15) is 70.6 Å². The highest BCUT2D eigenvalue weighted by Crippen LogP contribution is 2.34. The van der Waals surface area contributed by atoms with Crippen molar-refractivity contribution in [3.05, 3.63) is 60.8 Å². The minimum Gasteiger partial charge on any atom is -0.456 e. The highest BCUT2D eigenvalue weighted by molar-refractivity contribution is 5.82. The highest BCUT2D eigenvalue weighted by atomic mass is 16.6. The van der Waals surface area contributed by atoms with Crippen molar-refractivity contribution in [3.8, 4) is 0 Å². The van der Waals surface area contributed by atoms with Gasteiger partial charge in [0, 0.05) is 12.5 Å². The molecule has 36 heavy (non-hydrogen) atoms. The van der Waals surface area contributed by atoms with Crippen molar-refractivity contribution in [2.75, 3.05) is 0 Å². The fraction of sp³-hybridized carbons (Fsp3) is 0.633. The van der Waals surface area contributed by atoms with Gasteiger partial charge in [0.2, 0.25) is 0 Å². The molecule has 1 aliphatic carbocycles. The van der Waals surface area contributed by atoms with E-state index in [0.29, 0.717) is 25.2 Å². The number of aliphatic hydroxyl groups excluding tert-OH is 2. The maximum absolute atomic E-state index is 12.6. The second-order valence-electron chi connectivity index (χ2n) is 10.6. The Morgan fingerprint density at radius 3 is 2.83 bits per heavy atom. The number of aliphatic hydroxyl groups is 2. The minimum atomic E-state index is -0.942. The highest BCUT2D eigenvalue weighted by Gasteiger charge is 2.46. The molecule has 0 aromatic heterocycles. The lowest BCUT2D eigenvalue weighted by Crippen LogP contribution is -2.32. The number of rotatable bonds is 3. The van der Waals surface area contributed by atoms with Crippen LogP contribution in [0.15, 0.2) is 60.8 Å². The third-order valence-corrected chi connectivity index (χ3v) is 7.54. The summed E-state index contributed by atoms with van der Waals surface area (Å²) in [6, 6.07) is 0. The summed E-state index contributed by atoms with van der Waals surface area (Å²) < 4.78 is 17.6. The van der Waals surface area contributed by atoms with Gasteiger partial charge < -0.3 is 24.4 Å². The Balaban J connectivity index is 1.42. The fourth-order valence-electron chi connectivity index (χ4n) is 5.38. The van der Waals surface area contributed by atoms with Crippen molar-refractivity contribution in [2.45, 2.75) is 113 Å². The number of hydrogen-bond donors (Lipinski definition) is 2. The van der Waals surface area contributed by atoms with Gasteiger partial charge in [0.1, 0.15) is 18.3 Å². The van der Waals surface area contributed by atoms with Gasteiger partial charge in [-0.15, -0.1) is 0 Å². The Hall–Kier alpha value is -1.99. The zero-order valence-corrected chi connectivity index (χ0v) is 21.3. The molecule has 2 N–H and O–H groups in total. The smallest absolute Gasteiger partial charge is 0.330 e. The summed E-state index contributed by atoms with van der Waals surface area (Å²) in [6.45, 7) is 4.15. The van der Waals surface area contributed by atoms with E-state index in [1.54, 1.807) is 12.2 Å². The zero-order chi connectivity index (χ0) is 25.3. The summed E-state index contributed by atoms with van der Waals surface area (Å²) in [7, 11) is 0. The molecule has 2 unspecified atom stereocenters. The molecule has 4 rings (SSSR count). The van der Waals surface area contributed by atoms with Crippen LogP contribution in [0.3, 0.4) is 0 Å². The van der Waals surface area contributed by atoms with Crippen LogP contribution in [0.4, 0.5) is 0 Å². The number of ether oxygens (including phenoxy) is 3. The van der Waals surface area contributed by atoms with Crippen LogP contribution in [0.25, 0.3) is 0 Å². The van der Waals surface area contributed by atoms with Gasteiger partial charge in [-0.1, -0.05) is 54.7 Å². The van der Waals surface area contributed by atoms with E-state index in [4.69, 9.17) is 14.2 Å². The molecule has 0 aromatic rings. The molecule has 0 radical (unpaired) electrons. The zero-order valence-electron chi connectivity index (χ0n) is 21.3. The number of cyclic esters (lactones) is 1. The number of fused-ring (bicyclic) bond motifs is 3. The van der Waals surface area contributed by atoms with E-state index in [0.717, 1.165) is 56.9 Å². The van der Waals surface area contributed by atoms with Crippen LogP contribution < -0.4 is 0 Å². The molecule has 4 aliphatic rings. The van der Waals surface area contributed by atoms with Gasteiger partial charge in [-0.2, -0.15) is 0 Å². The molecule has 0 spiro atoms. The lowest BCUT2D eigenvalue weighted by atomic mass is 9.96. The first kappa shape index (κ1) is 27.1. The summed E-state index contributed by atoms with van der Waals surface area (Å²) in [5.74, 6) is -0.119. The SMILES string of the molecule is C=C1CCC[C@@H]2CC=C[C@@H](C/C=C\C(=O)OC([C@@H](O)/C=C/C3CC=CCCC3)C[C@@H]3O[C@H]3[C@@H](O)C1)O2. The number of carbonyl (C=O) groups is 1. The van der Waals surface area contributed by atoms with E-state index in [1.807, 2.05) is 12.2 Å². The number of carbonyl (C=O) groups excluding carboxylic acids is 1. The van der Waals surface area contributed by atoms with Crippen LogP contribution in [-0.4, -0.2) is 58.9 Å². The molecule has 6 heteroatoms. The third-order valence-electron chi connectivity index (χ3n) is 7.54. The summed E-state index contributed by atoms with van der Waals surface area (Å²) in [5, 5.41) is 21.6. The van der Waals surface area contributed by atoms with Crippen LogP contribution >= 0.6 is 0 Å². The number of hydrogen-bond acceptors (Lipinski definition) is 6. The van der Waals surface area contributed by atoms with E-state index in [-0.39, 0.29) is 24.4 Å². The van der Waals surface area contributed by atoms with E-state index in [1.165, 1.54) is 6.08 Å². The number of allylic oxidation sites excluding steroid dienone is 3. The molecule has 0 saturated carbocycles. The molecule has 1 fully saturated rings. The van der Waals surface area contributed by atoms with Crippen LogP contribution in [-0.2, 0) is 19.0 Å². The van der Waals surface area contributed by atoms with Crippen molar-refractivity contribution in [1.82, 2.24) is 0 Å². The first-order chi connectivity index (χ1) is 17.5. The summed E-state index contributed by atoms with van der Waals surface area (Å²) in [6.07, 6.45) is 22.1. The Kier molecular flexibility index (Phi) is 10.2. The van der Waals surface area contributed by atoms with Crippen LogP contribution in [0.2, 0.25) is 0 Å². The second-order valence-corrected chi connectivity index (χ2v) is 10.6. The molecule has 6 nitrogen and oxygen atoms in total. The predicted octanol–water partition coefficient (Wildman–Crippen LogP) is 4.87. The first-order valence-corrected chi connectivity index (χ1v) is 13.7. The van der Waals surface area contributed by atoms with Crippen molar-refractivity contribution >= 4 is 5.97 Å². The quantitative estimate of drug-likeness (QED) is 0.328. The number of esters is 1. The monoisotopic (exact) mass is 498 g/mol. The van der Waals surface area contributed by atoms with Gasteiger partial charge in [0.05, 0.1) is 24.4 Å². The molecule has 3 aliphatic heterocycles. The largest absolute Gasteiger partial charge is 0.456 e. The van der Waals surface area contributed by atoms with Gasteiger partial charge in [0.25, 0.3) is 0 Å². The predicted molar refractivity (Wildman–Crippen MR) is 139 cm³/mol. The molecule has 198 valence electrons.